The molecule has 4 heterocycles. The zero-order chi connectivity index (χ0) is 20.2. The number of halogens is 1. The van der Waals surface area contributed by atoms with E-state index in [-0.39, 0.29) is 35.8 Å². The maximum absolute atomic E-state index is 12.4. The second-order valence-electron chi connectivity index (χ2n) is 7.61. The van der Waals surface area contributed by atoms with Crippen LogP contribution in [-0.2, 0) is 31.3 Å². The van der Waals surface area contributed by atoms with Crippen LogP contribution in [0.25, 0.3) is 0 Å². The van der Waals surface area contributed by atoms with Crippen molar-refractivity contribution in [3.05, 3.63) is 34.3 Å². The zero-order valence-electron chi connectivity index (χ0n) is 17.7. The number of aromatic nitrogens is 5. The smallest absolute Gasteiger partial charge is 0.345 e. The molecule has 166 valence electrons. The molecule has 4 rings (SSSR count). The highest BCUT2D eigenvalue weighted by Crippen LogP contribution is 2.21. The largest absolute Gasteiger partial charge is 0.370 e. The molecule has 0 saturated carbocycles. The summed E-state index contributed by atoms with van der Waals surface area (Å²) in [5, 5.41) is 12.2. The lowest BCUT2D eigenvalue weighted by Gasteiger charge is -2.34. The van der Waals surface area contributed by atoms with Crippen LogP contribution < -0.4 is 11.0 Å². The van der Waals surface area contributed by atoms with Crippen molar-refractivity contribution in [2.75, 3.05) is 33.3 Å². The van der Waals surface area contributed by atoms with E-state index < -0.39 is 0 Å². The van der Waals surface area contributed by atoms with E-state index in [2.05, 4.69) is 25.4 Å². The summed E-state index contributed by atoms with van der Waals surface area (Å²) in [6, 6.07) is 0. The maximum Gasteiger partial charge on any atom is 0.345 e. The first kappa shape index (κ1) is 22.8. The Bertz CT molecular complexity index is 918. The molecule has 1 atom stereocenters. The molecule has 0 amide bonds. The van der Waals surface area contributed by atoms with Crippen LogP contribution in [0.5, 0.6) is 0 Å². The summed E-state index contributed by atoms with van der Waals surface area (Å²) in [6.45, 7) is 4.33. The monoisotopic (exact) mass is 530 g/mol. The van der Waals surface area contributed by atoms with Gasteiger partial charge in [0.15, 0.2) is 5.96 Å². The molecule has 1 unspecified atom stereocenters. The van der Waals surface area contributed by atoms with Crippen LogP contribution in [0.3, 0.4) is 0 Å². The molecule has 0 aliphatic carbocycles. The Balaban J connectivity index is 0.00000256. The molecule has 0 bridgehead atoms. The van der Waals surface area contributed by atoms with Crippen LogP contribution in [-0.4, -0.2) is 68.3 Å². The van der Waals surface area contributed by atoms with E-state index in [1.165, 1.54) is 0 Å². The van der Waals surface area contributed by atoms with Crippen molar-refractivity contribution >= 4 is 29.9 Å². The molecule has 11 heteroatoms. The lowest BCUT2D eigenvalue weighted by molar-refractivity contribution is -0.00802. The van der Waals surface area contributed by atoms with Gasteiger partial charge in [-0.1, -0.05) is 0 Å². The number of ether oxygens (including phenoxy) is 1. The van der Waals surface area contributed by atoms with Gasteiger partial charge in [0.25, 0.3) is 0 Å². The van der Waals surface area contributed by atoms with Gasteiger partial charge < -0.3 is 15.0 Å². The van der Waals surface area contributed by atoms with E-state index in [0.29, 0.717) is 13.2 Å². The summed E-state index contributed by atoms with van der Waals surface area (Å²) in [4.78, 5) is 19.0. The van der Waals surface area contributed by atoms with E-state index >= 15 is 0 Å². The minimum Gasteiger partial charge on any atom is -0.370 e. The standard InChI is InChI=1S/C19H30N8O2.HI/c1-20-18(25-10-11-29-16(14-25)15-12-22-24(2)13-15)21-7-5-9-27-19(28)26-8-4-3-6-17(26)23-27;/h12-13,16H,3-11,14H2,1-2H3,(H,20,21);1H. The number of morpholine rings is 1. The molecule has 2 aromatic heterocycles. The van der Waals surface area contributed by atoms with Crippen LogP contribution in [0.2, 0.25) is 0 Å². The number of aliphatic imine (C=N–C) groups is 1. The number of nitrogens with zero attached hydrogens (tertiary/aromatic N) is 7. The summed E-state index contributed by atoms with van der Waals surface area (Å²) in [5.41, 5.74) is 1.10. The first-order valence-corrected chi connectivity index (χ1v) is 10.4. The topological polar surface area (TPSA) is 94.5 Å². The minimum atomic E-state index is -0.00793. The van der Waals surface area contributed by atoms with Gasteiger partial charge in [0, 0.05) is 58.5 Å². The number of aryl methyl sites for hydroxylation is 3. The van der Waals surface area contributed by atoms with Crippen molar-refractivity contribution < 1.29 is 4.74 Å². The third-order valence-corrected chi connectivity index (χ3v) is 5.54. The summed E-state index contributed by atoms with van der Waals surface area (Å²) in [5.74, 6) is 1.79. The Labute approximate surface area is 193 Å². The molecule has 1 saturated heterocycles. The summed E-state index contributed by atoms with van der Waals surface area (Å²) in [6.07, 6.45) is 7.74. The number of guanidine groups is 1. The fraction of sp³-hybridized carbons (Fsp3) is 0.684. The van der Waals surface area contributed by atoms with Gasteiger partial charge in [-0.15, -0.1) is 24.0 Å². The van der Waals surface area contributed by atoms with E-state index in [9.17, 15) is 4.79 Å². The van der Waals surface area contributed by atoms with Crippen molar-refractivity contribution in [1.82, 2.24) is 34.3 Å². The zero-order valence-corrected chi connectivity index (χ0v) is 20.0. The third-order valence-electron chi connectivity index (χ3n) is 5.54. The van der Waals surface area contributed by atoms with Crippen molar-refractivity contribution in [2.45, 2.75) is 44.9 Å². The van der Waals surface area contributed by atoms with Crippen molar-refractivity contribution in [3.63, 3.8) is 0 Å². The molecule has 2 aliphatic heterocycles. The molecule has 1 fully saturated rings. The SMILES string of the molecule is CN=C(NCCCn1nc2n(c1=O)CCCC2)N1CCOC(c2cnn(C)c2)C1.I. The van der Waals surface area contributed by atoms with E-state index in [1.807, 2.05) is 24.0 Å². The Morgan fingerprint density at radius 2 is 2.23 bits per heavy atom. The average molecular weight is 530 g/mol. The van der Waals surface area contributed by atoms with Gasteiger partial charge in [-0.05, 0) is 19.3 Å². The lowest BCUT2D eigenvalue weighted by atomic mass is 10.1. The lowest BCUT2D eigenvalue weighted by Crippen LogP contribution is -2.48. The molecule has 0 aromatic carbocycles. The normalized spacial score (nSPS) is 19.3. The Morgan fingerprint density at radius 1 is 1.37 bits per heavy atom. The van der Waals surface area contributed by atoms with E-state index in [4.69, 9.17) is 4.74 Å². The molecule has 2 aromatic rings. The van der Waals surface area contributed by atoms with Crippen molar-refractivity contribution in [2.24, 2.45) is 12.0 Å². The molecule has 1 N–H and O–H groups in total. The molecule has 2 aliphatic rings. The van der Waals surface area contributed by atoms with Gasteiger partial charge in [0.1, 0.15) is 11.9 Å². The van der Waals surface area contributed by atoms with Gasteiger partial charge >= 0.3 is 5.69 Å². The molecule has 0 spiro atoms. The molecule has 10 nitrogen and oxygen atoms in total. The van der Waals surface area contributed by atoms with Gasteiger partial charge in [-0.25, -0.2) is 9.48 Å². The predicted molar refractivity (Wildman–Crippen MR) is 124 cm³/mol. The molecular weight excluding hydrogens is 499 g/mol. The van der Waals surface area contributed by atoms with Crippen LogP contribution in [0.4, 0.5) is 0 Å². The summed E-state index contributed by atoms with van der Waals surface area (Å²) >= 11 is 0. The highest BCUT2D eigenvalue weighted by atomic mass is 127. The highest BCUT2D eigenvalue weighted by Gasteiger charge is 2.25. The molecular formula is C19H31IN8O2. The number of rotatable bonds is 5. The highest BCUT2D eigenvalue weighted by molar-refractivity contribution is 14.0. The van der Waals surface area contributed by atoms with Crippen LogP contribution in [0.15, 0.2) is 22.2 Å². The fourth-order valence-electron chi connectivity index (χ4n) is 4.01. The molecule has 0 radical (unpaired) electrons. The summed E-state index contributed by atoms with van der Waals surface area (Å²) < 4.78 is 11.1. The Hall–Kier alpha value is -1.89. The fourth-order valence-corrected chi connectivity index (χ4v) is 4.01. The van der Waals surface area contributed by atoms with Gasteiger partial charge in [0.2, 0.25) is 0 Å². The Kier molecular flexibility index (Phi) is 7.92. The average Bonchev–Trinajstić information content (AvgIpc) is 3.32. The van der Waals surface area contributed by atoms with Gasteiger partial charge in [-0.3, -0.25) is 14.2 Å². The van der Waals surface area contributed by atoms with Crippen LogP contribution in [0.1, 0.15) is 36.8 Å². The summed E-state index contributed by atoms with van der Waals surface area (Å²) in [7, 11) is 3.71. The van der Waals surface area contributed by atoms with Crippen molar-refractivity contribution in [1.29, 1.82) is 0 Å². The van der Waals surface area contributed by atoms with Crippen LogP contribution in [0, 0.1) is 0 Å². The van der Waals surface area contributed by atoms with Crippen LogP contribution >= 0.6 is 24.0 Å². The van der Waals surface area contributed by atoms with Crippen molar-refractivity contribution in [3.8, 4) is 0 Å². The number of nitrogens with one attached hydrogen (secondary N) is 1. The predicted octanol–water partition coefficient (Wildman–Crippen LogP) is 0.772. The minimum absolute atomic E-state index is 0. The van der Waals surface area contributed by atoms with Gasteiger partial charge in [0.05, 0.1) is 19.3 Å². The first-order valence-electron chi connectivity index (χ1n) is 10.4. The quantitative estimate of drug-likeness (QED) is 0.266. The second kappa shape index (κ2) is 10.4. The third kappa shape index (κ3) is 5.05. The number of hydrogen-bond acceptors (Lipinski definition) is 5. The number of hydrogen-bond donors (Lipinski definition) is 1. The van der Waals surface area contributed by atoms with Gasteiger partial charge in [-0.2, -0.15) is 10.2 Å². The van der Waals surface area contributed by atoms with E-state index in [0.717, 1.165) is 69.2 Å². The molecule has 30 heavy (non-hydrogen) atoms. The maximum atomic E-state index is 12.4. The Morgan fingerprint density at radius 3 is 2.97 bits per heavy atom. The number of fused-ring (bicyclic) bond motifs is 1. The first-order chi connectivity index (χ1) is 14.2. The van der Waals surface area contributed by atoms with E-state index in [1.54, 1.807) is 16.4 Å². The second-order valence-corrected chi connectivity index (χ2v) is 7.61.